The van der Waals surface area contributed by atoms with Crippen LogP contribution in [0.4, 0.5) is 0 Å². The Hall–Kier alpha value is -1.28. The Morgan fingerprint density at radius 2 is 1.95 bits per heavy atom. The zero-order valence-corrected chi connectivity index (χ0v) is 12.1. The zero-order valence-electron chi connectivity index (χ0n) is 12.1. The molecule has 0 saturated heterocycles. The van der Waals surface area contributed by atoms with E-state index in [4.69, 9.17) is 10.5 Å². The van der Waals surface area contributed by atoms with Crippen LogP contribution in [0.1, 0.15) is 55.7 Å². The molecule has 0 heterocycles. The molecule has 0 radical (unpaired) electrons. The molecule has 19 heavy (non-hydrogen) atoms. The van der Waals surface area contributed by atoms with Crippen LogP contribution in [0.2, 0.25) is 0 Å². The van der Waals surface area contributed by atoms with Crippen LogP contribution in [0.15, 0.2) is 29.8 Å². The Bertz CT molecular complexity index is 451. The molecule has 1 atom stereocenters. The lowest BCUT2D eigenvalue weighted by molar-refractivity contribution is 0.411. The highest BCUT2D eigenvalue weighted by atomic mass is 16.5. The van der Waals surface area contributed by atoms with Crippen molar-refractivity contribution in [3.05, 3.63) is 41.0 Å². The predicted octanol–water partition coefficient (Wildman–Crippen LogP) is 4.28. The second-order valence-corrected chi connectivity index (χ2v) is 5.44. The van der Waals surface area contributed by atoms with E-state index in [1.165, 1.54) is 43.2 Å². The number of rotatable bonds is 3. The van der Waals surface area contributed by atoms with Crippen LogP contribution in [0.3, 0.4) is 0 Å². The van der Waals surface area contributed by atoms with Gasteiger partial charge in [-0.05, 0) is 49.8 Å². The van der Waals surface area contributed by atoms with E-state index in [9.17, 15) is 0 Å². The minimum absolute atomic E-state index is 0.0442. The summed E-state index contributed by atoms with van der Waals surface area (Å²) >= 11 is 0. The normalized spacial score (nSPS) is 20.9. The predicted molar refractivity (Wildman–Crippen MR) is 80.4 cm³/mol. The fraction of sp³-hybridized carbons (Fsp3) is 0.529. The first-order chi connectivity index (χ1) is 9.22. The van der Waals surface area contributed by atoms with Crippen molar-refractivity contribution < 1.29 is 4.74 Å². The van der Waals surface area contributed by atoms with Crippen molar-refractivity contribution in [3.8, 4) is 5.75 Å². The Labute approximate surface area is 116 Å². The minimum Gasteiger partial charge on any atom is -0.496 e. The Kier molecular flexibility index (Phi) is 5.03. The van der Waals surface area contributed by atoms with Gasteiger partial charge in [-0.2, -0.15) is 0 Å². The molecule has 0 bridgehead atoms. The molecule has 2 rings (SSSR count). The molecule has 0 amide bonds. The average molecular weight is 259 g/mol. The minimum atomic E-state index is 0.0442. The number of methoxy groups -OCH3 is 1. The molecule has 1 aliphatic carbocycles. The van der Waals surface area contributed by atoms with E-state index in [0.717, 1.165) is 17.7 Å². The first-order valence-corrected chi connectivity index (χ1v) is 7.31. The van der Waals surface area contributed by atoms with Crippen molar-refractivity contribution in [3.63, 3.8) is 0 Å². The Morgan fingerprint density at radius 3 is 2.68 bits per heavy atom. The van der Waals surface area contributed by atoms with Crippen molar-refractivity contribution >= 4 is 0 Å². The van der Waals surface area contributed by atoms with Gasteiger partial charge in [0.2, 0.25) is 0 Å². The van der Waals surface area contributed by atoms with Crippen LogP contribution < -0.4 is 10.5 Å². The van der Waals surface area contributed by atoms with Crippen LogP contribution in [-0.2, 0) is 0 Å². The lowest BCUT2D eigenvalue weighted by Crippen LogP contribution is -2.14. The molecule has 1 aliphatic rings. The van der Waals surface area contributed by atoms with Crippen LogP contribution in [-0.4, -0.2) is 7.11 Å². The van der Waals surface area contributed by atoms with Crippen LogP contribution in [0.5, 0.6) is 5.75 Å². The third kappa shape index (κ3) is 3.60. The van der Waals surface area contributed by atoms with Gasteiger partial charge in [0.15, 0.2) is 0 Å². The SMILES string of the molecule is COc1ccc(C(N)/C2=C/CCCCCC2)cc1C. The number of nitrogens with two attached hydrogens (primary N) is 1. The molecule has 0 aromatic heterocycles. The van der Waals surface area contributed by atoms with Gasteiger partial charge in [0, 0.05) is 0 Å². The van der Waals surface area contributed by atoms with Crippen molar-refractivity contribution in [2.24, 2.45) is 5.73 Å². The molecule has 1 aromatic rings. The second kappa shape index (κ2) is 6.76. The van der Waals surface area contributed by atoms with E-state index in [0.29, 0.717) is 0 Å². The number of allylic oxidation sites excluding steroid dienone is 1. The summed E-state index contributed by atoms with van der Waals surface area (Å²) in [5, 5.41) is 0. The van der Waals surface area contributed by atoms with E-state index in [1.807, 2.05) is 6.07 Å². The number of hydrogen-bond donors (Lipinski definition) is 1. The van der Waals surface area contributed by atoms with E-state index in [2.05, 4.69) is 25.1 Å². The Morgan fingerprint density at radius 1 is 1.16 bits per heavy atom. The summed E-state index contributed by atoms with van der Waals surface area (Å²) in [7, 11) is 1.71. The average Bonchev–Trinajstić information content (AvgIpc) is 2.37. The third-order valence-corrected chi connectivity index (χ3v) is 4.00. The van der Waals surface area contributed by atoms with Gasteiger partial charge in [-0.3, -0.25) is 0 Å². The first kappa shape index (κ1) is 14.1. The van der Waals surface area contributed by atoms with Crippen molar-refractivity contribution in [2.45, 2.75) is 51.5 Å². The molecule has 104 valence electrons. The molecule has 2 heteroatoms. The smallest absolute Gasteiger partial charge is 0.121 e. The highest BCUT2D eigenvalue weighted by Crippen LogP contribution is 2.29. The molecule has 1 unspecified atom stereocenters. The van der Waals surface area contributed by atoms with Gasteiger partial charge in [0.1, 0.15) is 5.75 Å². The summed E-state index contributed by atoms with van der Waals surface area (Å²) in [5.41, 5.74) is 10.2. The van der Waals surface area contributed by atoms with Gasteiger partial charge in [0.25, 0.3) is 0 Å². The summed E-state index contributed by atoms with van der Waals surface area (Å²) in [6, 6.07) is 6.32. The number of ether oxygens (including phenoxy) is 1. The van der Waals surface area contributed by atoms with Crippen molar-refractivity contribution in [1.29, 1.82) is 0 Å². The van der Waals surface area contributed by atoms with Gasteiger partial charge in [-0.1, -0.05) is 36.6 Å². The molecular formula is C17H25NO. The van der Waals surface area contributed by atoms with E-state index in [-0.39, 0.29) is 6.04 Å². The zero-order chi connectivity index (χ0) is 13.7. The molecular weight excluding hydrogens is 234 g/mol. The summed E-state index contributed by atoms with van der Waals surface area (Å²) < 4.78 is 5.31. The van der Waals surface area contributed by atoms with Crippen molar-refractivity contribution in [2.75, 3.05) is 7.11 Å². The van der Waals surface area contributed by atoms with E-state index < -0.39 is 0 Å². The first-order valence-electron chi connectivity index (χ1n) is 7.31. The maximum atomic E-state index is 6.44. The third-order valence-electron chi connectivity index (χ3n) is 4.00. The summed E-state index contributed by atoms with van der Waals surface area (Å²) in [6.45, 7) is 2.07. The largest absolute Gasteiger partial charge is 0.496 e. The van der Waals surface area contributed by atoms with Crippen molar-refractivity contribution in [1.82, 2.24) is 0 Å². The molecule has 2 nitrogen and oxygen atoms in total. The summed E-state index contributed by atoms with van der Waals surface area (Å²) in [6.07, 6.45) is 9.96. The van der Waals surface area contributed by atoms with Gasteiger partial charge >= 0.3 is 0 Å². The quantitative estimate of drug-likeness (QED) is 0.822. The standard InChI is InChI=1S/C17H25NO/c1-13-12-15(10-11-16(13)19-2)17(18)14-8-6-4-3-5-7-9-14/h8,10-12,17H,3-7,9,18H2,1-2H3/b14-8+. The van der Waals surface area contributed by atoms with Crippen LogP contribution >= 0.6 is 0 Å². The fourth-order valence-corrected chi connectivity index (χ4v) is 2.81. The van der Waals surface area contributed by atoms with Gasteiger partial charge in [-0.15, -0.1) is 0 Å². The number of hydrogen-bond acceptors (Lipinski definition) is 2. The molecule has 2 N–H and O–H groups in total. The van der Waals surface area contributed by atoms with E-state index >= 15 is 0 Å². The molecule has 1 aromatic carbocycles. The number of aryl methyl sites for hydroxylation is 1. The topological polar surface area (TPSA) is 35.2 Å². The highest BCUT2D eigenvalue weighted by Gasteiger charge is 2.14. The van der Waals surface area contributed by atoms with Gasteiger partial charge in [0.05, 0.1) is 13.2 Å². The monoisotopic (exact) mass is 259 g/mol. The van der Waals surface area contributed by atoms with Gasteiger partial charge in [-0.25, -0.2) is 0 Å². The highest BCUT2D eigenvalue weighted by molar-refractivity contribution is 5.39. The van der Waals surface area contributed by atoms with Crippen LogP contribution in [0, 0.1) is 6.92 Å². The molecule has 0 fully saturated rings. The maximum absolute atomic E-state index is 6.44. The fourth-order valence-electron chi connectivity index (χ4n) is 2.81. The van der Waals surface area contributed by atoms with Crippen LogP contribution in [0.25, 0.3) is 0 Å². The molecule has 0 spiro atoms. The summed E-state index contributed by atoms with van der Waals surface area (Å²) in [4.78, 5) is 0. The maximum Gasteiger partial charge on any atom is 0.121 e. The summed E-state index contributed by atoms with van der Waals surface area (Å²) in [5.74, 6) is 0.933. The second-order valence-electron chi connectivity index (χ2n) is 5.44. The lowest BCUT2D eigenvalue weighted by Gasteiger charge is -2.19. The lowest BCUT2D eigenvalue weighted by atomic mass is 9.91. The molecule has 0 aliphatic heterocycles. The Balaban J connectivity index is 2.17. The van der Waals surface area contributed by atoms with E-state index in [1.54, 1.807) is 7.11 Å². The number of benzene rings is 1. The van der Waals surface area contributed by atoms with Gasteiger partial charge < -0.3 is 10.5 Å². The molecule has 0 saturated carbocycles.